The van der Waals surface area contributed by atoms with Crippen LogP contribution < -0.4 is 27.0 Å². The third-order valence-electron chi connectivity index (χ3n) is 5.60. The van der Waals surface area contributed by atoms with Gasteiger partial charge in [-0.25, -0.2) is 9.18 Å². The number of anilines is 4. The molecule has 182 valence electrons. The van der Waals surface area contributed by atoms with Gasteiger partial charge in [-0.05, 0) is 31.0 Å². The van der Waals surface area contributed by atoms with Crippen molar-refractivity contribution in [2.45, 2.75) is 31.2 Å². The summed E-state index contributed by atoms with van der Waals surface area (Å²) in [6, 6.07) is 2.42. The molecule has 34 heavy (non-hydrogen) atoms. The topological polar surface area (TPSA) is 197 Å². The average Bonchev–Trinajstić information content (AvgIpc) is 3.17. The van der Waals surface area contributed by atoms with Gasteiger partial charge in [-0.3, -0.25) is 9.59 Å². The lowest BCUT2D eigenvalue weighted by atomic mass is 9.99. The summed E-state index contributed by atoms with van der Waals surface area (Å²) in [7, 11) is 1.71. The fraction of sp³-hybridized carbons (Fsp3) is 0.381. The van der Waals surface area contributed by atoms with Crippen LogP contribution in [0.2, 0.25) is 0 Å². The van der Waals surface area contributed by atoms with Crippen LogP contribution in [0.15, 0.2) is 18.2 Å². The number of carbonyl (C=O) groups is 3. The Labute approximate surface area is 194 Å². The van der Waals surface area contributed by atoms with Gasteiger partial charge in [0.25, 0.3) is 5.91 Å². The molecule has 0 aliphatic carbocycles. The first-order valence-corrected chi connectivity index (χ1v) is 10.5. The summed E-state index contributed by atoms with van der Waals surface area (Å²) in [6.07, 6.45) is -0.0952. The van der Waals surface area contributed by atoms with E-state index in [2.05, 4.69) is 20.6 Å². The summed E-state index contributed by atoms with van der Waals surface area (Å²) >= 11 is 0. The molecule has 2 aromatic rings. The van der Waals surface area contributed by atoms with E-state index in [-0.39, 0.29) is 29.5 Å². The summed E-state index contributed by atoms with van der Waals surface area (Å²) in [5.41, 5.74) is 12.6. The van der Waals surface area contributed by atoms with Gasteiger partial charge in [-0.15, -0.1) is 0 Å². The standard InChI is InChI=1S/C21H26FN7O5/c1-29(7-6-11-9-25-18-16(11)17(23)27-21(24)28-18)14-4-2-10(8-12(14)22)19(32)26-13(20(33)34)3-5-15(30)31/h2,4,8,11,13H,3,5-7,9H2,1H3,(H,26,32)(H,30,31)(H,33,34)(H5,23,24,25,27,28)/t11?,13-/m0/s1. The molecule has 1 aliphatic heterocycles. The lowest BCUT2D eigenvalue weighted by molar-refractivity contribution is -0.140. The van der Waals surface area contributed by atoms with Crippen molar-refractivity contribution < 1.29 is 29.0 Å². The molecule has 8 N–H and O–H groups in total. The second-order valence-corrected chi connectivity index (χ2v) is 7.98. The van der Waals surface area contributed by atoms with Crippen LogP contribution in [0.4, 0.5) is 27.7 Å². The Hall–Kier alpha value is -4.16. The molecule has 2 heterocycles. The van der Waals surface area contributed by atoms with Crippen LogP contribution in [0.1, 0.15) is 41.1 Å². The Balaban J connectivity index is 1.63. The third-order valence-corrected chi connectivity index (χ3v) is 5.60. The Morgan fingerprint density at radius 2 is 2.03 bits per heavy atom. The molecular weight excluding hydrogens is 449 g/mol. The molecule has 1 unspecified atom stereocenters. The molecule has 1 amide bonds. The number of aliphatic carboxylic acids is 2. The first-order chi connectivity index (χ1) is 16.1. The molecule has 2 atom stereocenters. The van der Waals surface area contributed by atoms with Gasteiger partial charge < -0.3 is 37.2 Å². The molecule has 0 bridgehead atoms. The summed E-state index contributed by atoms with van der Waals surface area (Å²) in [6.45, 7) is 1.06. The van der Waals surface area contributed by atoms with Crippen molar-refractivity contribution in [3.63, 3.8) is 0 Å². The zero-order valence-electron chi connectivity index (χ0n) is 18.4. The van der Waals surface area contributed by atoms with Gasteiger partial charge in [0, 0.05) is 43.6 Å². The number of rotatable bonds is 10. The molecular formula is C21H26FN7O5. The molecule has 0 spiro atoms. The number of hydrogen-bond acceptors (Lipinski definition) is 9. The van der Waals surface area contributed by atoms with E-state index in [1.165, 1.54) is 12.1 Å². The quantitative estimate of drug-likeness (QED) is 0.285. The smallest absolute Gasteiger partial charge is 0.326 e. The number of nitrogens with one attached hydrogen (secondary N) is 2. The summed E-state index contributed by atoms with van der Waals surface area (Å²) in [5.74, 6) is -3.01. The van der Waals surface area contributed by atoms with E-state index in [0.717, 1.165) is 11.6 Å². The lowest BCUT2D eigenvalue weighted by Crippen LogP contribution is -2.41. The van der Waals surface area contributed by atoms with Crippen LogP contribution in [0, 0.1) is 5.82 Å². The molecule has 0 fully saturated rings. The molecule has 13 heteroatoms. The molecule has 3 rings (SSSR count). The minimum absolute atomic E-state index is 0.0184. The van der Waals surface area contributed by atoms with E-state index in [4.69, 9.17) is 16.6 Å². The second-order valence-electron chi connectivity index (χ2n) is 7.98. The number of hydrogen-bond donors (Lipinski definition) is 6. The van der Waals surface area contributed by atoms with Gasteiger partial charge in [0.2, 0.25) is 5.95 Å². The minimum Gasteiger partial charge on any atom is -0.481 e. The fourth-order valence-corrected chi connectivity index (χ4v) is 3.80. The number of fused-ring (bicyclic) bond motifs is 1. The predicted octanol–water partition coefficient (Wildman–Crippen LogP) is 0.864. The van der Waals surface area contributed by atoms with Crippen molar-refractivity contribution >= 4 is 41.1 Å². The van der Waals surface area contributed by atoms with Crippen molar-refractivity contribution in [3.05, 3.63) is 35.1 Å². The first kappa shape index (κ1) is 24.5. The Kier molecular flexibility index (Phi) is 7.34. The number of halogens is 1. The summed E-state index contributed by atoms with van der Waals surface area (Å²) in [5, 5.41) is 23.3. The van der Waals surface area contributed by atoms with Gasteiger partial charge >= 0.3 is 11.9 Å². The Bertz CT molecular complexity index is 1110. The Morgan fingerprint density at radius 1 is 1.29 bits per heavy atom. The van der Waals surface area contributed by atoms with E-state index in [1.54, 1.807) is 11.9 Å². The van der Waals surface area contributed by atoms with Crippen LogP contribution in [-0.2, 0) is 9.59 Å². The van der Waals surface area contributed by atoms with Crippen LogP contribution in [0.5, 0.6) is 0 Å². The van der Waals surface area contributed by atoms with Crippen LogP contribution in [0.25, 0.3) is 0 Å². The molecule has 1 aromatic carbocycles. The van der Waals surface area contributed by atoms with E-state index >= 15 is 0 Å². The lowest BCUT2D eigenvalue weighted by Gasteiger charge is -2.22. The van der Waals surface area contributed by atoms with Gasteiger partial charge in [-0.1, -0.05) is 0 Å². The molecule has 1 aromatic heterocycles. The molecule has 0 saturated heterocycles. The fourth-order valence-electron chi connectivity index (χ4n) is 3.80. The normalized spacial score (nSPS) is 15.2. The number of carboxylic acid groups (broad SMARTS) is 2. The maximum Gasteiger partial charge on any atom is 0.326 e. The summed E-state index contributed by atoms with van der Waals surface area (Å²) < 4.78 is 14.8. The number of nitrogen functional groups attached to an aromatic ring is 2. The maximum atomic E-state index is 14.8. The van der Waals surface area contributed by atoms with Crippen molar-refractivity contribution in [1.29, 1.82) is 0 Å². The highest BCUT2D eigenvalue weighted by atomic mass is 19.1. The highest BCUT2D eigenvalue weighted by molar-refractivity contribution is 5.97. The van der Waals surface area contributed by atoms with Gasteiger partial charge in [-0.2, -0.15) is 9.97 Å². The number of carboxylic acids is 2. The number of carbonyl (C=O) groups excluding carboxylic acids is 1. The van der Waals surface area contributed by atoms with E-state index in [9.17, 15) is 23.9 Å². The number of nitrogens with zero attached hydrogens (tertiary/aromatic N) is 3. The molecule has 1 aliphatic rings. The van der Waals surface area contributed by atoms with E-state index in [0.29, 0.717) is 31.1 Å². The second kappa shape index (κ2) is 10.2. The Morgan fingerprint density at radius 3 is 2.68 bits per heavy atom. The number of amides is 1. The van der Waals surface area contributed by atoms with E-state index in [1.807, 2.05) is 0 Å². The maximum absolute atomic E-state index is 14.8. The molecule has 0 radical (unpaired) electrons. The van der Waals surface area contributed by atoms with Crippen molar-refractivity contribution in [3.8, 4) is 0 Å². The van der Waals surface area contributed by atoms with E-state index < -0.39 is 36.1 Å². The average molecular weight is 475 g/mol. The SMILES string of the molecule is CN(CCC1CNc2nc(N)nc(N)c21)c1ccc(C(=O)N[C@@H](CCC(=O)O)C(=O)O)cc1F. The van der Waals surface area contributed by atoms with Crippen molar-refractivity contribution in [2.75, 3.05) is 41.8 Å². The zero-order chi connectivity index (χ0) is 25.0. The van der Waals surface area contributed by atoms with Crippen LogP contribution >= 0.6 is 0 Å². The first-order valence-electron chi connectivity index (χ1n) is 10.5. The monoisotopic (exact) mass is 475 g/mol. The number of nitrogens with two attached hydrogens (primary N) is 2. The largest absolute Gasteiger partial charge is 0.481 e. The summed E-state index contributed by atoms with van der Waals surface area (Å²) in [4.78, 5) is 44.1. The highest BCUT2D eigenvalue weighted by Gasteiger charge is 2.28. The molecule has 0 saturated carbocycles. The minimum atomic E-state index is -1.40. The number of aromatic nitrogens is 2. The van der Waals surface area contributed by atoms with Crippen LogP contribution in [-0.4, -0.2) is 64.2 Å². The third kappa shape index (κ3) is 5.60. The molecule has 12 nitrogen and oxygen atoms in total. The van der Waals surface area contributed by atoms with Crippen LogP contribution in [0.3, 0.4) is 0 Å². The predicted molar refractivity (Wildman–Crippen MR) is 122 cm³/mol. The van der Waals surface area contributed by atoms with Crippen molar-refractivity contribution in [1.82, 2.24) is 15.3 Å². The number of benzene rings is 1. The van der Waals surface area contributed by atoms with Crippen molar-refractivity contribution in [2.24, 2.45) is 0 Å². The highest BCUT2D eigenvalue weighted by Crippen LogP contribution is 2.36. The van der Waals surface area contributed by atoms with Gasteiger partial charge in [0.15, 0.2) is 0 Å². The van der Waals surface area contributed by atoms with Gasteiger partial charge in [0.05, 0.1) is 5.69 Å². The zero-order valence-corrected chi connectivity index (χ0v) is 18.4. The van der Waals surface area contributed by atoms with Gasteiger partial charge in [0.1, 0.15) is 23.5 Å².